The normalized spacial score (nSPS) is 10.6. The van der Waals surface area contributed by atoms with Gasteiger partial charge < -0.3 is 9.64 Å². The van der Waals surface area contributed by atoms with Crippen molar-refractivity contribution in [3.63, 3.8) is 0 Å². The van der Waals surface area contributed by atoms with E-state index in [-0.39, 0.29) is 28.1 Å². The first-order valence-corrected chi connectivity index (χ1v) is 7.22. The molecule has 0 saturated heterocycles. The predicted molar refractivity (Wildman–Crippen MR) is 79.8 cm³/mol. The van der Waals surface area contributed by atoms with Gasteiger partial charge in [-0.25, -0.2) is 0 Å². The van der Waals surface area contributed by atoms with Crippen molar-refractivity contribution in [2.75, 3.05) is 7.05 Å². The summed E-state index contributed by atoms with van der Waals surface area (Å²) < 4.78 is 28.4. The van der Waals surface area contributed by atoms with Crippen LogP contribution < -0.4 is 4.74 Å². The van der Waals surface area contributed by atoms with Gasteiger partial charge in [-0.3, -0.25) is 14.9 Å². The summed E-state index contributed by atoms with van der Waals surface area (Å²) in [5.41, 5.74) is 0.716. The van der Waals surface area contributed by atoms with E-state index in [0.29, 0.717) is 5.56 Å². The summed E-state index contributed by atoms with van der Waals surface area (Å²) in [5, 5.41) is 10.5. The van der Waals surface area contributed by atoms with Gasteiger partial charge >= 0.3 is 11.6 Å². The van der Waals surface area contributed by atoms with Crippen LogP contribution in [0.15, 0.2) is 36.4 Å². The molecule has 0 radical (unpaired) electrons. The van der Waals surface area contributed by atoms with E-state index in [1.807, 2.05) is 0 Å². The maximum absolute atomic E-state index is 12.2. The van der Waals surface area contributed by atoms with Gasteiger partial charge in [0.15, 0.2) is 0 Å². The quantitative estimate of drug-likeness (QED) is 0.595. The molecule has 0 aliphatic rings. The molecule has 2 aromatic rings. The summed E-state index contributed by atoms with van der Waals surface area (Å²) in [6, 6.07) is 8.59. The molecule has 122 valence electrons. The average molecular weight is 342 g/mol. The SMILES string of the molecule is CN(Cc1ccc(OC(F)F)cc1)C(=O)c1ccc([N+](=O)[O-])s1. The van der Waals surface area contributed by atoms with Crippen molar-refractivity contribution in [3.8, 4) is 5.75 Å². The Labute approximate surface area is 134 Å². The Hall–Kier alpha value is -2.55. The Morgan fingerprint density at radius 3 is 2.48 bits per heavy atom. The minimum atomic E-state index is -2.89. The van der Waals surface area contributed by atoms with Crippen LogP contribution in [0.25, 0.3) is 0 Å². The number of thiophene rings is 1. The fraction of sp³-hybridized carbons (Fsp3) is 0.214. The molecule has 9 heteroatoms. The lowest BCUT2D eigenvalue weighted by atomic mass is 10.2. The van der Waals surface area contributed by atoms with Crippen LogP contribution in [0.5, 0.6) is 5.75 Å². The van der Waals surface area contributed by atoms with Gasteiger partial charge in [-0.05, 0) is 23.8 Å². The Morgan fingerprint density at radius 1 is 1.30 bits per heavy atom. The van der Waals surface area contributed by atoms with Crippen molar-refractivity contribution in [1.29, 1.82) is 0 Å². The summed E-state index contributed by atoms with van der Waals surface area (Å²) in [7, 11) is 1.55. The van der Waals surface area contributed by atoms with E-state index >= 15 is 0 Å². The van der Waals surface area contributed by atoms with Gasteiger partial charge in [-0.2, -0.15) is 8.78 Å². The highest BCUT2D eigenvalue weighted by molar-refractivity contribution is 7.17. The number of carbonyl (C=O) groups is 1. The topological polar surface area (TPSA) is 72.7 Å². The maximum atomic E-state index is 12.2. The largest absolute Gasteiger partial charge is 0.435 e. The van der Waals surface area contributed by atoms with Crippen LogP contribution in [-0.2, 0) is 6.54 Å². The van der Waals surface area contributed by atoms with E-state index in [2.05, 4.69) is 4.74 Å². The molecule has 1 aromatic heterocycles. The number of hydrogen-bond donors (Lipinski definition) is 0. The van der Waals surface area contributed by atoms with Crippen LogP contribution >= 0.6 is 11.3 Å². The van der Waals surface area contributed by atoms with E-state index in [1.165, 1.54) is 29.2 Å². The molecule has 0 bridgehead atoms. The molecular weight excluding hydrogens is 330 g/mol. The standard InChI is InChI=1S/C14H12F2N2O4S/c1-17(13(19)11-6-7-12(23-11)18(20)21)8-9-2-4-10(5-3-9)22-14(15)16/h2-7,14H,8H2,1H3. The van der Waals surface area contributed by atoms with Gasteiger partial charge in [-0.1, -0.05) is 23.5 Å². The fourth-order valence-corrected chi connectivity index (χ4v) is 2.67. The second-order valence-electron chi connectivity index (χ2n) is 4.58. The van der Waals surface area contributed by atoms with Gasteiger partial charge in [0.25, 0.3) is 5.91 Å². The zero-order valence-corrected chi connectivity index (χ0v) is 12.8. The Kier molecular flexibility index (Phi) is 5.22. The minimum Gasteiger partial charge on any atom is -0.435 e. The summed E-state index contributed by atoms with van der Waals surface area (Å²) in [6.45, 7) is -2.65. The predicted octanol–water partition coefficient (Wildman–Crippen LogP) is 3.53. The molecular formula is C14H12F2N2O4S. The minimum absolute atomic E-state index is 0.0339. The average Bonchev–Trinajstić information content (AvgIpc) is 2.98. The number of amides is 1. The second kappa shape index (κ2) is 7.14. The van der Waals surface area contributed by atoms with Crippen molar-refractivity contribution in [2.45, 2.75) is 13.2 Å². The third kappa shape index (κ3) is 4.46. The number of alkyl halides is 2. The first-order valence-electron chi connectivity index (χ1n) is 6.40. The molecule has 6 nitrogen and oxygen atoms in total. The van der Waals surface area contributed by atoms with Crippen molar-refractivity contribution >= 4 is 22.2 Å². The lowest BCUT2D eigenvalue weighted by Gasteiger charge is -2.16. The molecule has 0 aliphatic heterocycles. The number of carbonyl (C=O) groups excluding carboxylic acids is 1. The second-order valence-corrected chi connectivity index (χ2v) is 5.64. The van der Waals surface area contributed by atoms with Gasteiger partial charge in [0.2, 0.25) is 0 Å². The number of nitro groups is 1. The lowest BCUT2D eigenvalue weighted by molar-refractivity contribution is -0.380. The lowest BCUT2D eigenvalue weighted by Crippen LogP contribution is -2.25. The molecule has 0 aliphatic carbocycles. The number of halogens is 2. The summed E-state index contributed by atoms with van der Waals surface area (Å²) in [6.07, 6.45) is 0. The third-order valence-corrected chi connectivity index (χ3v) is 3.92. The van der Waals surface area contributed by atoms with Crippen molar-refractivity contribution < 1.29 is 23.2 Å². The molecule has 0 fully saturated rings. The van der Waals surface area contributed by atoms with Crippen LogP contribution in [0, 0.1) is 10.1 Å². The third-order valence-electron chi connectivity index (χ3n) is 2.90. The number of hydrogen-bond acceptors (Lipinski definition) is 5. The van der Waals surface area contributed by atoms with Crippen molar-refractivity contribution in [1.82, 2.24) is 4.90 Å². The van der Waals surface area contributed by atoms with Gasteiger partial charge in [0, 0.05) is 19.7 Å². The van der Waals surface area contributed by atoms with Gasteiger partial charge in [-0.15, -0.1) is 0 Å². The first kappa shape index (κ1) is 16.8. The molecule has 2 rings (SSSR count). The van der Waals surface area contributed by atoms with Crippen molar-refractivity contribution in [3.05, 3.63) is 57.0 Å². The number of nitrogens with zero attached hydrogens (tertiary/aromatic N) is 2. The van der Waals surface area contributed by atoms with Crippen LogP contribution in [0.1, 0.15) is 15.2 Å². The van der Waals surface area contributed by atoms with Crippen LogP contribution in [0.4, 0.5) is 13.8 Å². The Morgan fingerprint density at radius 2 is 1.96 bits per heavy atom. The molecule has 1 amide bonds. The Bertz CT molecular complexity index is 703. The summed E-state index contributed by atoms with van der Waals surface area (Å²) in [4.78, 5) is 23.9. The van der Waals surface area contributed by atoms with E-state index in [9.17, 15) is 23.7 Å². The molecule has 0 spiro atoms. The van der Waals surface area contributed by atoms with E-state index in [1.54, 1.807) is 19.2 Å². The maximum Gasteiger partial charge on any atom is 0.387 e. The molecule has 0 unspecified atom stereocenters. The van der Waals surface area contributed by atoms with Crippen LogP contribution in [0.2, 0.25) is 0 Å². The smallest absolute Gasteiger partial charge is 0.387 e. The fourth-order valence-electron chi connectivity index (χ4n) is 1.85. The molecule has 1 aromatic carbocycles. The zero-order chi connectivity index (χ0) is 17.0. The van der Waals surface area contributed by atoms with Crippen molar-refractivity contribution in [2.24, 2.45) is 0 Å². The molecule has 23 heavy (non-hydrogen) atoms. The van der Waals surface area contributed by atoms with E-state index < -0.39 is 11.5 Å². The van der Waals surface area contributed by atoms with E-state index in [4.69, 9.17) is 0 Å². The zero-order valence-electron chi connectivity index (χ0n) is 11.9. The number of rotatable bonds is 6. The van der Waals surface area contributed by atoms with Crippen LogP contribution in [0.3, 0.4) is 0 Å². The number of benzene rings is 1. The molecule has 1 heterocycles. The molecule has 0 N–H and O–H groups in total. The van der Waals surface area contributed by atoms with Gasteiger partial charge in [0.05, 0.1) is 9.80 Å². The highest BCUT2D eigenvalue weighted by Gasteiger charge is 2.18. The summed E-state index contributed by atoms with van der Waals surface area (Å²) >= 11 is 0.804. The monoisotopic (exact) mass is 342 g/mol. The number of ether oxygens (including phenoxy) is 1. The highest BCUT2D eigenvalue weighted by atomic mass is 32.1. The molecule has 0 saturated carbocycles. The van der Waals surface area contributed by atoms with Gasteiger partial charge in [0.1, 0.15) is 5.75 Å². The Balaban J connectivity index is 2.01. The molecule has 0 atom stereocenters. The van der Waals surface area contributed by atoms with Crippen LogP contribution in [-0.4, -0.2) is 29.4 Å². The first-order chi connectivity index (χ1) is 10.9. The summed E-state index contributed by atoms with van der Waals surface area (Å²) in [5.74, 6) is -0.317. The highest BCUT2D eigenvalue weighted by Crippen LogP contribution is 2.25. The van der Waals surface area contributed by atoms with E-state index in [0.717, 1.165) is 11.3 Å².